The Morgan fingerprint density at radius 1 is 1.45 bits per heavy atom. The first kappa shape index (κ1) is 15.5. The predicted molar refractivity (Wildman–Crippen MR) is 78.9 cm³/mol. The molecule has 7 heteroatoms. The maximum Gasteiger partial charge on any atom is 0.211 e. The van der Waals surface area contributed by atoms with Gasteiger partial charge in [0.1, 0.15) is 0 Å². The molecule has 1 aliphatic heterocycles. The molecular formula is C13H24N4O2S. The highest BCUT2D eigenvalue weighted by Gasteiger charge is 2.25. The molecule has 0 radical (unpaired) electrons. The molecule has 1 unspecified atom stereocenters. The van der Waals surface area contributed by atoms with Gasteiger partial charge < -0.3 is 5.32 Å². The fraction of sp³-hybridized carbons (Fsp3) is 0.769. The number of nitrogens with one attached hydrogen (secondary N) is 1. The van der Waals surface area contributed by atoms with E-state index in [0.29, 0.717) is 19.1 Å². The van der Waals surface area contributed by atoms with E-state index in [1.54, 1.807) is 4.31 Å². The van der Waals surface area contributed by atoms with Gasteiger partial charge in [-0.15, -0.1) is 0 Å². The number of rotatable bonds is 5. The van der Waals surface area contributed by atoms with Gasteiger partial charge in [-0.3, -0.25) is 4.68 Å². The van der Waals surface area contributed by atoms with Gasteiger partial charge in [0.25, 0.3) is 0 Å². The summed E-state index contributed by atoms with van der Waals surface area (Å²) in [6, 6.07) is 0.609. The third kappa shape index (κ3) is 3.80. The number of piperidine rings is 1. The minimum atomic E-state index is -3.04. The van der Waals surface area contributed by atoms with E-state index in [9.17, 15) is 8.42 Å². The summed E-state index contributed by atoms with van der Waals surface area (Å²) >= 11 is 0. The third-order valence-electron chi connectivity index (χ3n) is 3.89. The number of hydrogen-bond acceptors (Lipinski definition) is 4. The van der Waals surface area contributed by atoms with Crippen LogP contribution in [0.1, 0.15) is 38.3 Å². The van der Waals surface area contributed by atoms with Gasteiger partial charge in [-0.2, -0.15) is 5.10 Å². The highest BCUT2D eigenvalue weighted by molar-refractivity contribution is 7.88. The van der Waals surface area contributed by atoms with Crippen LogP contribution in [0.4, 0.5) is 0 Å². The highest BCUT2D eigenvalue weighted by Crippen LogP contribution is 2.18. The molecule has 1 fully saturated rings. The van der Waals surface area contributed by atoms with Crippen molar-refractivity contribution in [2.24, 2.45) is 0 Å². The Labute approximate surface area is 121 Å². The van der Waals surface area contributed by atoms with Crippen LogP contribution in [0.15, 0.2) is 12.4 Å². The Bertz CT molecular complexity index is 532. The lowest BCUT2D eigenvalue weighted by Crippen LogP contribution is -2.45. The van der Waals surface area contributed by atoms with Crippen LogP contribution in [0, 0.1) is 0 Å². The average Bonchev–Trinajstić information content (AvgIpc) is 2.87. The van der Waals surface area contributed by atoms with E-state index in [0.717, 1.165) is 19.4 Å². The van der Waals surface area contributed by atoms with Crippen LogP contribution in [-0.2, 0) is 16.6 Å². The average molecular weight is 300 g/mol. The van der Waals surface area contributed by atoms with Gasteiger partial charge in [0.05, 0.1) is 12.5 Å². The second-order valence-electron chi connectivity index (χ2n) is 5.45. The first-order chi connectivity index (χ1) is 9.40. The van der Waals surface area contributed by atoms with Crippen molar-refractivity contribution in [3.8, 4) is 0 Å². The van der Waals surface area contributed by atoms with E-state index in [-0.39, 0.29) is 6.04 Å². The van der Waals surface area contributed by atoms with Crippen LogP contribution in [0.3, 0.4) is 0 Å². The molecule has 1 saturated heterocycles. The van der Waals surface area contributed by atoms with Gasteiger partial charge in [0.2, 0.25) is 10.0 Å². The molecule has 0 spiro atoms. The molecule has 1 N–H and O–H groups in total. The number of sulfonamides is 1. The van der Waals surface area contributed by atoms with Crippen molar-refractivity contribution >= 4 is 10.0 Å². The lowest BCUT2D eigenvalue weighted by atomic mass is 10.0. The Kier molecular flexibility index (Phi) is 4.82. The quantitative estimate of drug-likeness (QED) is 0.880. The van der Waals surface area contributed by atoms with Gasteiger partial charge in [-0.1, -0.05) is 0 Å². The van der Waals surface area contributed by atoms with E-state index in [4.69, 9.17) is 0 Å². The highest BCUT2D eigenvalue weighted by atomic mass is 32.2. The lowest BCUT2D eigenvalue weighted by Gasteiger charge is -2.32. The summed E-state index contributed by atoms with van der Waals surface area (Å²) in [6.45, 7) is 6.28. The van der Waals surface area contributed by atoms with Crippen molar-refractivity contribution in [2.45, 2.75) is 45.3 Å². The standard InChI is InChI=1S/C13H24N4O2S/c1-4-16-10-12(9-14-16)11(2)15-13-5-7-17(8-6-13)20(3,18)19/h9-11,13,15H,4-8H2,1-3H3. The van der Waals surface area contributed by atoms with Gasteiger partial charge in [0.15, 0.2) is 0 Å². The lowest BCUT2D eigenvalue weighted by molar-refractivity contribution is 0.278. The summed E-state index contributed by atoms with van der Waals surface area (Å²) in [5.74, 6) is 0. The van der Waals surface area contributed by atoms with Gasteiger partial charge >= 0.3 is 0 Å². The largest absolute Gasteiger partial charge is 0.307 e. The van der Waals surface area contributed by atoms with Crippen LogP contribution >= 0.6 is 0 Å². The van der Waals surface area contributed by atoms with Gasteiger partial charge in [-0.05, 0) is 26.7 Å². The second kappa shape index (κ2) is 6.24. The molecule has 0 amide bonds. The van der Waals surface area contributed by atoms with Crippen molar-refractivity contribution in [2.75, 3.05) is 19.3 Å². The number of hydrogen-bond donors (Lipinski definition) is 1. The monoisotopic (exact) mass is 300 g/mol. The van der Waals surface area contributed by atoms with Crippen molar-refractivity contribution in [1.82, 2.24) is 19.4 Å². The van der Waals surface area contributed by atoms with Crippen LogP contribution in [0.5, 0.6) is 0 Å². The van der Waals surface area contributed by atoms with Crippen LogP contribution in [0.2, 0.25) is 0 Å². The predicted octanol–water partition coefficient (Wildman–Crippen LogP) is 0.978. The van der Waals surface area contributed by atoms with E-state index < -0.39 is 10.0 Å². The fourth-order valence-corrected chi connectivity index (χ4v) is 3.45. The number of aryl methyl sites for hydroxylation is 1. The zero-order chi connectivity index (χ0) is 14.8. The molecular weight excluding hydrogens is 276 g/mol. The molecule has 1 aromatic heterocycles. The topological polar surface area (TPSA) is 67.2 Å². The van der Waals surface area contributed by atoms with Gasteiger partial charge in [0, 0.05) is 43.5 Å². The summed E-state index contributed by atoms with van der Waals surface area (Å²) in [5, 5.41) is 7.85. The Morgan fingerprint density at radius 2 is 2.10 bits per heavy atom. The molecule has 1 atom stereocenters. The first-order valence-electron chi connectivity index (χ1n) is 7.13. The SMILES string of the molecule is CCn1cc(C(C)NC2CCN(S(C)(=O)=O)CC2)cn1. The molecule has 2 rings (SSSR count). The molecule has 6 nitrogen and oxygen atoms in total. The maximum absolute atomic E-state index is 11.5. The summed E-state index contributed by atoms with van der Waals surface area (Å²) in [4.78, 5) is 0. The first-order valence-corrected chi connectivity index (χ1v) is 8.98. The molecule has 0 bridgehead atoms. The summed E-state index contributed by atoms with van der Waals surface area (Å²) in [5.41, 5.74) is 1.18. The summed E-state index contributed by atoms with van der Waals surface area (Å²) < 4.78 is 26.4. The molecule has 114 valence electrons. The Balaban J connectivity index is 1.86. The van der Waals surface area contributed by atoms with Crippen molar-refractivity contribution in [1.29, 1.82) is 0 Å². The second-order valence-corrected chi connectivity index (χ2v) is 7.44. The Hall–Kier alpha value is -0.920. The molecule has 20 heavy (non-hydrogen) atoms. The number of aromatic nitrogens is 2. The Morgan fingerprint density at radius 3 is 2.60 bits per heavy atom. The van der Waals surface area contributed by atoms with E-state index >= 15 is 0 Å². The van der Waals surface area contributed by atoms with Crippen LogP contribution in [0.25, 0.3) is 0 Å². The van der Waals surface area contributed by atoms with E-state index in [1.165, 1.54) is 11.8 Å². The van der Waals surface area contributed by atoms with Crippen LogP contribution in [-0.4, -0.2) is 47.9 Å². The molecule has 0 aliphatic carbocycles. The van der Waals surface area contributed by atoms with E-state index in [2.05, 4.69) is 30.5 Å². The van der Waals surface area contributed by atoms with Crippen LogP contribution < -0.4 is 5.32 Å². The molecule has 0 saturated carbocycles. The molecule has 1 aliphatic rings. The maximum atomic E-state index is 11.5. The number of nitrogens with zero attached hydrogens (tertiary/aromatic N) is 3. The van der Waals surface area contributed by atoms with Crippen molar-refractivity contribution in [3.63, 3.8) is 0 Å². The van der Waals surface area contributed by atoms with E-state index in [1.807, 2.05) is 10.9 Å². The zero-order valence-corrected chi connectivity index (χ0v) is 13.2. The molecule has 1 aromatic rings. The smallest absolute Gasteiger partial charge is 0.211 e. The fourth-order valence-electron chi connectivity index (χ4n) is 2.58. The molecule has 0 aromatic carbocycles. The zero-order valence-electron chi connectivity index (χ0n) is 12.4. The van der Waals surface area contributed by atoms with Gasteiger partial charge in [-0.25, -0.2) is 12.7 Å². The third-order valence-corrected chi connectivity index (χ3v) is 5.19. The van der Waals surface area contributed by atoms with Crippen molar-refractivity contribution < 1.29 is 8.42 Å². The minimum Gasteiger partial charge on any atom is -0.307 e. The minimum absolute atomic E-state index is 0.241. The summed E-state index contributed by atoms with van der Waals surface area (Å²) in [7, 11) is -3.04. The summed E-state index contributed by atoms with van der Waals surface area (Å²) in [6.07, 6.45) is 6.96. The molecule has 2 heterocycles. The van der Waals surface area contributed by atoms with Crippen molar-refractivity contribution in [3.05, 3.63) is 18.0 Å². The normalized spacial score (nSPS) is 20.1.